The Balaban J connectivity index is 1.95. The number of phenols is 1. The van der Waals surface area contributed by atoms with Crippen LogP contribution in [0.3, 0.4) is 0 Å². The van der Waals surface area contributed by atoms with Gasteiger partial charge in [0.2, 0.25) is 0 Å². The quantitative estimate of drug-likeness (QED) is 0.465. The van der Waals surface area contributed by atoms with Crippen molar-refractivity contribution in [3.05, 3.63) is 56.4 Å². The lowest BCUT2D eigenvalue weighted by atomic mass is 10.2. The van der Waals surface area contributed by atoms with Crippen molar-refractivity contribution in [3.8, 4) is 11.5 Å². The number of carbonyl (C=O) groups is 1. The number of carbonyl (C=O) groups excluding carboxylic acids is 1. The van der Waals surface area contributed by atoms with Gasteiger partial charge in [-0.1, -0.05) is 51.5 Å². The Labute approximate surface area is 173 Å². The fourth-order valence-electron chi connectivity index (χ4n) is 2.36. The molecule has 0 aliphatic carbocycles. The zero-order valence-electron chi connectivity index (χ0n) is 13.5. The lowest BCUT2D eigenvalue weighted by molar-refractivity contribution is -0.113. The van der Waals surface area contributed by atoms with Crippen LogP contribution in [0.1, 0.15) is 12.5 Å². The second-order valence-corrected chi connectivity index (χ2v) is 8.23. The molecule has 1 aliphatic rings. The SMILES string of the molecule is CCOc1cc(/C=C2/SC(=S)N(c3ccc(Cl)cc3)C2=O)c(Br)cc1O. The molecule has 1 amide bonds. The average molecular weight is 471 g/mol. The number of halogens is 2. The third-order valence-corrected chi connectivity index (χ3v) is 5.78. The Morgan fingerprint density at radius 1 is 1.35 bits per heavy atom. The first-order valence-corrected chi connectivity index (χ1v) is 9.99. The van der Waals surface area contributed by atoms with Gasteiger partial charge in [0.25, 0.3) is 5.91 Å². The predicted octanol–water partition coefficient (Wildman–Crippen LogP) is 5.61. The largest absolute Gasteiger partial charge is 0.504 e. The van der Waals surface area contributed by atoms with E-state index in [9.17, 15) is 9.90 Å². The van der Waals surface area contributed by atoms with Crippen LogP contribution >= 0.6 is 51.5 Å². The van der Waals surface area contributed by atoms with Crippen LogP contribution in [0.25, 0.3) is 6.08 Å². The van der Waals surface area contributed by atoms with E-state index in [1.54, 1.807) is 36.4 Å². The molecule has 26 heavy (non-hydrogen) atoms. The number of benzene rings is 2. The van der Waals surface area contributed by atoms with Crippen LogP contribution in [0.15, 0.2) is 45.8 Å². The molecule has 8 heteroatoms. The molecule has 0 unspecified atom stereocenters. The van der Waals surface area contributed by atoms with Crippen molar-refractivity contribution in [2.75, 3.05) is 11.5 Å². The number of thioether (sulfide) groups is 1. The summed E-state index contributed by atoms with van der Waals surface area (Å²) in [6.45, 7) is 2.26. The number of thiocarbonyl (C=S) groups is 1. The molecule has 1 aliphatic heterocycles. The van der Waals surface area contributed by atoms with Crippen molar-refractivity contribution >= 4 is 73.5 Å². The van der Waals surface area contributed by atoms with Crippen molar-refractivity contribution in [1.29, 1.82) is 0 Å². The zero-order valence-corrected chi connectivity index (χ0v) is 17.5. The normalized spacial score (nSPS) is 15.8. The van der Waals surface area contributed by atoms with Crippen molar-refractivity contribution in [1.82, 2.24) is 0 Å². The van der Waals surface area contributed by atoms with Crippen LogP contribution in [0, 0.1) is 0 Å². The highest BCUT2D eigenvalue weighted by molar-refractivity contribution is 9.10. The minimum Gasteiger partial charge on any atom is -0.504 e. The fraction of sp³-hybridized carbons (Fsp3) is 0.111. The Kier molecular flexibility index (Phi) is 5.92. The van der Waals surface area contributed by atoms with E-state index in [1.165, 1.54) is 22.7 Å². The summed E-state index contributed by atoms with van der Waals surface area (Å²) >= 11 is 15.9. The molecule has 1 saturated heterocycles. The van der Waals surface area contributed by atoms with Gasteiger partial charge in [0.15, 0.2) is 15.8 Å². The van der Waals surface area contributed by atoms with Gasteiger partial charge in [-0.25, -0.2) is 0 Å². The van der Waals surface area contributed by atoms with Gasteiger partial charge < -0.3 is 9.84 Å². The van der Waals surface area contributed by atoms with Gasteiger partial charge in [0, 0.05) is 9.50 Å². The molecule has 1 heterocycles. The Morgan fingerprint density at radius 3 is 2.69 bits per heavy atom. The van der Waals surface area contributed by atoms with Gasteiger partial charge >= 0.3 is 0 Å². The maximum Gasteiger partial charge on any atom is 0.270 e. The maximum atomic E-state index is 12.8. The Morgan fingerprint density at radius 2 is 2.04 bits per heavy atom. The number of hydrogen-bond acceptors (Lipinski definition) is 5. The van der Waals surface area contributed by atoms with Crippen molar-refractivity contribution in [2.45, 2.75) is 6.92 Å². The highest BCUT2D eigenvalue weighted by atomic mass is 79.9. The summed E-state index contributed by atoms with van der Waals surface area (Å²) in [7, 11) is 0. The van der Waals surface area contributed by atoms with Crippen LogP contribution in [-0.2, 0) is 4.79 Å². The van der Waals surface area contributed by atoms with Crippen LogP contribution in [-0.4, -0.2) is 21.9 Å². The smallest absolute Gasteiger partial charge is 0.270 e. The zero-order chi connectivity index (χ0) is 18.8. The number of ether oxygens (including phenoxy) is 1. The van der Waals surface area contributed by atoms with E-state index in [0.717, 1.165) is 0 Å². The number of amides is 1. The molecule has 0 spiro atoms. The van der Waals surface area contributed by atoms with Gasteiger partial charge in [0.1, 0.15) is 0 Å². The molecule has 1 fully saturated rings. The Hall–Kier alpha value is -1.54. The Bertz CT molecular complexity index is 915. The molecule has 2 aromatic carbocycles. The fourth-order valence-corrected chi connectivity index (χ4v) is 4.22. The van der Waals surface area contributed by atoms with E-state index < -0.39 is 0 Å². The summed E-state index contributed by atoms with van der Waals surface area (Å²) in [6, 6.07) is 10.1. The number of aromatic hydroxyl groups is 1. The molecule has 0 aromatic heterocycles. The lowest BCUT2D eigenvalue weighted by Gasteiger charge is -2.14. The summed E-state index contributed by atoms with van der Waals surface area (Å²) < 4.78 is 6.50. The van der Waals surface area contributed by atoms with Crippen LogP contribution in [0.4, 0.5) is 5.69 Å². The number of anilines is 1. The minimum absolute atomic E-state index is 0.0320. The molecule has 0 saturated carbocycles. The van der Waals surface area contributed by atoms with E-state index in [1.807, 2.05) is 6.92 Å². The lowest BCUT2D eigenvalue weighted by Crippen LogP contribution is -2.27. The molecule has 0 radical (unpaired) electrons. The molecule has 134 valence electrons. The maximum absolute atomic E-state index is 12.8. The van der Waals surface area contributed by atoms with Gasteiger partial charge in [-0.3, -0.25) is 9.69 Å². The second kappa shape index (κ2) is 8.00. The molecule has 4 nitrogen and oxygen atoms in total. The number of nitrogens with zero attached hydrogens (tertiary/aromatic N) is 1. The standard InChI is InChI=1S/C18H13BrClNO3S2/c1-2-24-15-7-10(13(19)9-14(15)22)8-16-17(23)21(18(25)26-16)12-5-3-11(20)4-6-12/h3-9,22H,2H2,1H3/b16-8+. The molecular weight excluding hydrogens is 458 g/mol. The topological polar surface area (TPSA) is 49.8 Å². The van der Waals surface area contributed by atoms with Crippen LogP contribution < -0.4 is 9.64 Å². The van der Waals surface area contributed by atoms with Crippen molar-refractivity contribution in [2.24, 2.45) is 0 Å². The predicted molar refractivity (Wildman–Crippen MR) is 114 cm³/mol. The van der Waals surface area contributed by atoms with Crippen molar-refractivity contribution < 1.29 is 14.6 Å². The number of phenolic OH excluding ortho intramolecular Hbond substituents is 1. The first-order chi connectivity index (χ1) is 12.4. The third kappa shape index (κ3) is 3.91. The van der Waals surface area contributed by atoms with Gasteiger partial charge in [-0.2, -0.15) is 0 Å². The first kappa shape index (κ1) is 19.2. The highest BCUT2D eigenvalue weighted by Gasteiger charge is 2.33. The number of rotatable bonds is 4. The molecule has 0 bridgehead atoms. The number of hydrogen-bond donors (Lipinski definition) is 1. The van der Waals surface area contributed by atoms with Crippen LogP contribution in [0.5, 0.6) is 11.5 Å². The van der Waals surface area contributed by atoms with E-state index in [4.69, 9.17) is 28.6 Å². The van der Waals surface area contributed by atoms with E-state index in [2.05, 4.69) is 15.9 Å². The van der Waals surface area contributed by atoms with Gasteiger partial charge in [-0.15, -0.1) is 0 Å². The average Bonchev–Trinajstić information content (AvgIpc) is 2.87. The first-order valence-electron chi connectivity index (χ1n) is 7.59. The second-order valence-electron chi connectivity index (χ2n) is 5.27. The summed E-state index contributed by atoms with van der Waals surface area (Å²) in [6.07, 6.45) is 1.72. The van der Waals surface area contributed by atoms with Gasteiger partial charge in [-0.05, 0) is 55.0 Å². The monoisotopic (exact) mass is 469 g/mol. The summed E-state index contributed by atoms with van der Waals surface area (Å²) in [5.74, 6) is 0.181. The molecule has 2 aromatic rings. The van der Waals surface area contributed by atoms with E-state index >= 15 is 0 Å². The highest BCUT2D eigenvalue weighted by Crippen LogP contribution is 2.39. The summed E-state index contributed by atoms with van der Waals surface area (Å²) in [5.41, 5.74) is 1.38. The van der Waals surface area contributed by atoms with Gasteiger partial charge in [0.05, 0.1) is 17.2 Å². The minimum atomic E-state index is -0.208. The molecule has 0 atom stereocenters. The molecule has 3 rings (SSSR count). The summed E-state index contributed by atoms with van der Waals surface area (Å²) in [4.78, 5) is 14.8. The molecule has 1 N–H and O–H groups in total. The molecular formula is C18H13BrClNO3S2. The van der Waals surface area contributed by atoms with E-state index in [0.29, 0.717) is 42.3 Å². The third-order valence-electron chi connectivity index (χ3n) is 3.54. The van der Waals surface area contributed by atoms with Crippen LogP contribution in [0.2, 0.25) is 5.02 Å². The van der Waals surface area contributed by atoms with E-state index in [-0.39, 0.29) is 11.7 Å². The van der Waals surface area contributed by atoms with Crippen molar-refractivity contribution in [3.63, 3.8) is 0 Å². The summed E-state index contributed by atoms with van der Waals surface area (Å²) in [5, 5.41) is 10.5.